The molecule has 216 valence electrons. The van der Waals surface area contributed by atoms with Crippen molar-refractivity contribution in [3.05, 3.63) is 118 Å². The minimum Gasteiger partial charge on any atom is -0.497 e. The van der Waals surface area contributed by atoms with E-state index in [1.807, 2.05) is 64.7 Å². The van der Waals surface area contributed by atoms with Crippen LogP contribution in [0, 0.1) is 0 Å². The van der Waals surface area contributed by atoms with Crippen LogP contribution in [0.15, 0.2) is 112 Å². The number of carbonyl (C=O) groups is 3. The highest BCUT2D eigenvalue weighted by atomic mass is 32.2. The van der Waals surface area contributed by atoms with Gasteiger partial charge in [-0.15, -0.1) is 23.1 Å². The van der Waals surface area contributed by atoms with Crippen LogP contribution < -0.4 is 20.7 Å². The lowest BCUT2D eigenvalue weighted by Crippen LogP contribution is -2.30. The number of benzene rings is 3. The molecule has 0 atom stereocenters. The SMILES string of the molecule is COc1ccc(-c2csc(NC(=O)CSc3ccc(NC(=O)/C(=C/c4ccsc4)NC(=O)c4ccccc4)cc3)n2)cc1. The standard InChI is InChI=1S/C32H26N4O4S3/c1-40-25-11-7-22(8-12-25)28-19-43-32(35-28)36-29(37)20-42-26-13-9-24(10-14-26)33-31(39)27(17-21-15-16-41-18-21)34-30(38)23-5-3-2-4-6-23/h2-19H,20H2,1H3,(H,33,39)(H,34,38)(H,35,36,37)/b27-17-. The summed E-state index contributed by atoms with van der Waals surface area (Å²) in [6.07, 6.45) is 1.64. The van der Waals surface area contributed by atoms with Gasteiger partial charge in [0.25, 0.3) is 11.8 Å². The predicted octanol–water partition coefficient (Wildman–Crippen LogP) is 7.02. The minimum atomic E-state index is -0.451. The van der Waals surface area contributed by atoms with Crippen LogP contribution in [0.25, 0.3) is 17.3 Å². The van der Waals surface area contributed by atoms with Crippen LogP contribution in [-0.2, 0) is 9.59 Å². The number of ether oxygens (including phenoxy) is 1. The molecule has 43 heavy (non-hydrogen) atoms. The van der Waals surface area contributed by atoms with Gasteiger partial charge in [-0.3, -0.25) is 14.4 Å². The predicted molar refractivity (Wildman–Crippen MR) is 175 cm³/mol. The van der Waals surface area contributed by atoms with Gasteiger partial charge in [0.2, 0.25) is 5.91 Å². The Balaban J connectivity index is 1.15. The summed E-state index contributed by atoms with van der Waals surface area (Å²) in [6.45, 7) is 0. The number of thiazole rings is 1. The van der Waals surface area contributed by atoms with Crippen molar-refractivity contribution in [3.8, 4) is 17.0 Å². The lowest BCUT2D eigenvalue weighted by Gasteiger charge is -2.11. The maximum absolute atomic E-state index is 13.1. The highest BCUT2D eigenvalue weighted by molar-refractivity contribution is 8.00. The maximum Gasteiger partial charge on any atom is 0.272 e. The number of carbonyl (C=O) groups excluding carboxylic acids is 3. The van der Waals surface area contributed by atoms with Gasteiger partial charge in [0.1, 0.15) is 11.4 Å². The van der Waals surface area contributed by atoms with Crippen molar-refractivity contribution < 1.29 is 19.1 Å². The molecule has 0 aliphatic rings. The first-order chi connectivity index (χ1) is 21.0. The van der Waals surface area contributed by atoms with Crippen LogP contribution in [0.4, 0.5) is 10.8 Å². The van der Waals surface area contributed by atoms with Crippen molar-refractivity contribution in [2.75, 3.05) is 23.5 Å². The number of aromatic nitrogens is 1. The topological polar surface area (TPSA) is 109 Å². The molecule has 8 nitrogen and oxygen atoms in total. The van der Waals surface area contributed by atoms with Crippen molar-refractivity contribution in [1.82, 2.24) is 10.3 Å². The molecule has 11 heteroatoms. The Bertz CT molecular complexity index is 1720. The number of thiophene rings is 1. The fourth-order valence-corrected chi connectivity index (χ4v) is 5.88. The van der Waals surface area contributed by atoms with Crippen LogP contribution in [0.1, 0.15) is 15.9 Å². The molecule has 2 heterocycles. The number of anilines is 2. The van der Waals surface area contributed by atoms with Gasteiger partial charge in [0.15, 0.2) is 5.13 Å². The van der Waals surface area contributed by atoms with Crippen LogP contribution in [0.5, 0.6) is 5.75 Å². The molecule has 0 aliphatic heterocycles. The van der Waals surface area contributed by atoms with Crippen molar-refractivity contribution in [2.24, 2.45) is 0 Å². The van der Waals surface area contributed by atoms with E-state index in [4.69, 9.17) is 4.74 Å². The third-order valence-corrected chi connectivity index (χ3v) is 8.47. The summed E-state index contributed by atoms with van der Waals surface area (Å²) in [4.78, 5) is 43.8. The van der Waals surface area contributed by atoms with Gasteiger partial charge in [0.05, 0.1) is 18.6 Å². The van der Waals surface area contributed by atoms with Crippen LogP contribution in [0.2, 0.25) is 0 Å². The Morgan fingerprint density at radius 3 is 2.37 bits per heavy atom. The van der Waals surface area contributed by atoms with Crippen LogP contribution in [0.3, 0.4) is 0 Å². The molecular weight excluding hydrogens is 601 g/mol. The summed E-state index contributed by atoms with van der Waals surface area (Å²) in [7, 11) is 1.62. The molecule has 0 saturated carbocycles. The van der Waals surface area contributed by atoms with E-state index < -0.39 is 5.91 Å². The molecule has 0 aliphatic carbocycles. The molecule has 2 aromatic heterocycles. The van der Waals surface area contributed by atoms with E-state index in [1.54, 1.807) is 49.6 Å². The summed E-state index contributed by atoms with van der Waals surface area (Å²) in [5.74, 6) is -0.0367. The fourth-order valence-electron chi connectivity index (χ4n) is 3.83. The average molecular weight is 627 g/mol. The summed E-state index contributed by atoms with van der Waals surface area (Å²) < 4.78 is 5.19. The van der Waals surface area contributed by atoms with Crippen molar-refractivity contribution in [2.45, 2.75) is 4.90 Å². The van der Waals surface area contributed by atoms with Gasteiger partial charge < -0.3 is 20.7 Å². The van der Waals surface area contributed by atoms with E-state index in [1.165, 1.54) is 34.4 Å². The Morgan fingerprint density at radius 2 is 1.67 bits per heavy atom. The zero-order chi connectivity index (χ0) is 30.0. The van der Waals surface area contributed by atoms with Gasteiger partial charge >= 0.3 is 0 Å². The summed E-state index contributed by atoms with van der Waals surface area (Å²) in [5.41, 5.74) is 3.65. The highest BCUT2D eigenvalue weighted by Gasteiger charge is 2.15. The molecule has 3 N–H and O–H groups in total. The summed E-state index contributed by atoms with van der Waals surface area (Å²) in [6, 6.07) is 25.3. The Morgan fingerprint density at radius 1 is 0.907 bits per heavy atom. The third kappa shape index (κ3) is 8.41. The van der Waals surface area contributed by atoms with Crippen molar-refractivity contribution >= 4 is 69.1 Å². The number of hydrogen-bond donors (Lipinski definition) is 3. The smallest absolute Gasteiger partial charge is 0.272 e. The molecule has 0 spiro atoms. The minimum absolute atomic E-state index is 0.125. The number of nitrogens with zero attached hydrogens (tertiary/aromatic N) is 1. The number of amides is 3. The normalized spacial score (nSPS) is 11.0. The molecular formula is C32H26N4O4S3. The van der Waals surface area contributed by atoms with Gasteiger partial charge in [-0.25, -0.2) is 4.98 Å². The van der Waals surface area contributed by atoms with E-state index in [2.05, 4.69) is 20.9 Å². The number of methoxy groups -OCH3 is 1. The second-order valence-electron chi connectivity index (χ2n) is 9.02. The van der Waals surface area contributed by atoms with Crippen LogP contribution in [-0.4, -0.2) is 35.6 Å². The fraction of sp³-hybridized carbons (Fsp3) is 0.0625. The Kier molecular flexibility index (Phi) is 10.0. The van der Waals surface area contributed by atoms with E-state index in [9.17, 15) is 14.4 Å². The number of nitrogens with one attached hydrogen (secondary N) is 3. The largest absolute Gasteiger partial charge is 0.497 e. The zero-order valence-corrected chi connectivity index (χ0v) is 25.4. The molecule has 3 amide bonds. The van der Waals surface area contributed by atoms with Crippen molar-refractivity contribution in [1.29, 1.82) is 0 Å². The van der Waals surface area contributed by atoms with Crippen molar-refractivity contribution in [3.63, 3.8) is 0 Å². The number of rotatable bonds is 11. The van der Waals surface area contributed by atoms with Gasteiger partial charge in [-0.2, -0.15) is 11.3 Å². The third-order valence-electron chi connectivity index (χ3n) is 6.00. The Hall–Kier alpha value is -4.71. The molecule has 0 radical (unpaired) electrons. The summed E-state index contributed by atoms with van der Waals surface area (Å²) in [5, 5.41) is 14.6. The first kappa shape index (κ1) is 29.8. The lowest BCUT2D eigenvalue weighted by molar-refractivity contribution is -0.114. The van der Waals surface area contributed by atoms with E-state index >= 15 is 0 Å². The zero-order valence-electron chi connectivity index (χ0n) is 22.9. The van der Waals surface area contributed by atoms with Gasteiger partial charge in [-0.05, 0) is 89.1 Å². The molecule has 3 aromatic carbocycles. The van der Waals surface area contributed by atoms with E-state index in [0.29, 0.717) is 16.4 Å². The molecule has 0 fully saturated rings. The number of hydrogen-bond acceptors (Lipinski definition) is 8. The molecule has 0 bridgehead atoms. The molecule has 5 rings (SSSR count). The first-order valence-corrected chi connectivity index (χ1v) is 15.8. The van der Waals surface area contributed by atoms with Crippen LogP contribution >= 0.6 is 34.4 Å². The lowest BCUT2D eigenvalue weighted by atomic mass is 10.2. The number of thioether (sulfide) groups is 1. The van der Waals surface area contributed by atoms with E-state index in [-0.39, 0.29) is 23.3 Å². The second-order valence-corrected chi connectivity index (χ2v) is 11.7. The molecule has 0 unspecified atom stereocenters. The average Bonchev–Trinajstić information content (AvgIpc) is 3.73. The highest BCUT2D eigenvalue weighted by Crippen LogP contribution is 2.27. The monoisotopic (exact) mass is 626 g/mol. The van der Waals surface area contributed by atoms with Gasteiger partial charge in [-0.1, -0.05) is 18.2 Å². The Labute approximate surface area is 260 Å². The maximum atomic E-state index is 13.1. The molecule has 0 saturated heterocycles. The van der Waals surface area contributed by atoms with E-state index in [0.717, 1.165) is 27.5 Å². The second kappa shape index (κ2) is 14.5. The first-order valence-electron chi connectivity index (χ1n) is 13.0. The quantitative estimate of drug-likeness (QED) is 0.107. The molecule has 5 aromatic rings. The summed E-state index contributed by atoms with van der Waals surface area (Å²) >= 11 is 4.23. The van der Waals surface area contributed by atoms with Gasteiger partial charge in [0, 0.05) is 27.1 Å².